The molecule has 1 aromatic carbocycles. The number of benzene rings is 1. The Hall–Kier alpha value is -2.51. The molecule has 0 N–H and O–H groups in total. The molecule has 174 valence electrons. The summed E-state index contributed by atoms with van der Waals surface area (Å²) in [6.07, 6.45) is 5.77. The van der Waals surface area contributed by atoms with Gasteiger partial charge in [-0.2, -0.15) is 0 Å². The topological polar surface area (TPSA) is 59.5 Å². The quantitative estimate of drug-likeness (QED) is 0.359. The Bertz CT molecular complexity index is 1100. The summed E-state index contributed by atoms with van der Waals surface area (Å²) in [5.41, 5.74) is 2.72. The van der Waals surface area contributed by atoms with Gasteiger partial charge in [0.05, 0.1) is 12.8 Å². The minimum Gasteiger partial charge on any atom is -0.465 e. The van der Waals surface area contributed by atoms with Crippen LogP contribution >= 0.6 is 22.7 Å². The molecule has 4 rings (SSSR count). The van der Waals surface area contributed by atoms with E-state index in [0.717, 1.165) is 46.7 Å². The summed E-state index contributed by atoms with van der Waals surface area (Å²) < 4.78 is 5.09. The number of amides is 1. The van der Waals surface area contributed by atoms with E-state index in [-0.39, 0.29) is 17.9 Å². The second kappa shape index (κ2) is 10.2. The van der Waals surface area contributed by atoms with E-state index < -0.39 is 5.97 Å². The summed E-state index contributed by atoms with van der Waals surface area (Å²) in [5.74, 6) is 0.393. The zero-order chi connectivity index (χ0) is 23.5. The molecule has 0 unspecified atom stereocenters. The van der Waals surface area contributed by atoms with Gasteiger partial charge in [-0.25, -0.2) is 9.78 Å². The van der Waals surface area contributed by atoms with Gasteiger partial charge in [-0.05, 0) is 57.1 Å². The van der Waals surface area contributed by atoms with Gasteiger partial charge in [-0.1, -0.05) is 31.2 Å². The molecule has 0 atom stereocenters. The number of aromatic nitrogens is 1. The third kappa shape index (κ3) is 5.04. The molecule has 1 amide bonds. The van der Waals surface area contributed by atoms with Gasteiger partial charge < -0.3 is 9.64 Å². The molecule has 0 saturated heterocycles. The Balaban J connectivity index is 1.69. The third-order valence-corrected chi connectivity index (χ3v) is 8.29. The standard InChI is InChI=1S/C26H30N2O3S2/c1-16(2)28(25(29)20-7-5-17(3)6-8-20)21-15-22(33-23(21)26(30)31-4)18-9-11-19(12-10-18)24-27-13-14-32-24/h9-17,20H,5-8H2,1-4H3/t17-,20-. The van der Waals surface area contributed by atoms with Crippen LogP contribution in [0.5, 0.6) is 0 Å². The summed E-state index contributed by atoms with van der Waals surface area (Å²) in [6, 6.07) is 10.1. The van der Waals surface area contributed by atoms with Gasteiger partial charge in [0.25, 0.3) is 0 Å². The van der Waals surface area contributed by atoms with Crippen molar-refractivity contribution in [2.24, 2.45) is 11.8 Å². The predicted molar refractivity (Wildman–Crippen MR) is 136 cm³/mol. The zero-order valence-electron chi connectivity index (χ0n) is 19.5. The monoisotopic (exact) mass is 482 g/mol. The normalized spacial score (nSPS) is 18.3. The van der Waals surface area contributed by atoms with Crippen molar-refractivity contribution in [3.8, 4) is 21.0 Å². The molecule has 3 aromatic rings. The van der Waals surface area contributed by atoms with E-state index in [1.165, 1.54) is 18.4 Å². The van der Waals surface area contributed by atoms with E-state index in [2.05, 4.69) is 11.9 Å². The van der Waals surface area contributed by atoms with Crippen molar-refractivity contribution in [1.82, 2.24) is 4.98 Å². The summed E-state index contributed by atoms with van der Waals surface area (Å²) in [7, 11) is 1.39. The molecule has 1 aliphatic carbocycles. The smallest absolute Gasteiger partial charge is 0.350 e. The molecule has 2 heterocycles. The number of hydrogen-bond acceptors (Lipinski definition) is 6. The number of nitrogens with zero attached hydrogens (tertiary/aromatic N) is 2. The highest BCUT2D eigenvalue weighted by atomic mass is 32.1. The van der Waals surface area contributed by atoms with Crippen LogP contribution in [0.1, 0.15) is 56.1 Å². The van der Waals surface area contributed by atoms with Gasteiger partial charge in [0, 0.05) is 34.0 Å². The molecule has 1 saturated carbocycles. The number of esters is 1. The number of methoxy groups -OCH3 is 1. The average molecular weight is 483 g/mol. The molecular formula is C26H30N2O3S2. The van der Waals surface area contributed by atoms with Crippen molar-refractivity contribution < 1.29 is 14.3 Å². The fourth-order valence-electron chi connectivity index (χ4n) is 4.44. The Morgan fingerprint density at radius 2 is 1.76 bits per heavy atom. The summed E-state index contributed by atoms with van der Waals surface area (Å²) >= 11 is 2.98. The Morgan fingerprint density at radius 1 is 1.09 bits per heavy atom. The number of thiophene rings is 1. The maximum Gasteiger partial charge on any atom is 0.350 e. The van der Waals surface area contributed by atoms with Gasteiger partial charge in [-0.15, -0.1) is 22.7 Å². The number of hydrogen-bond donors (Lipinski definition) is 0. The van der Waals surface area contributed by atoms with Crippen molar-refractivity contribution in [1.29, 1.82) is 0 Å². The zero-order valence-corrected chi connectivity index (χ0v) is 21.2. The van der Waals surface area contributed by atoms with Crippen LogP contribution in [0.4, 0.5) is 5.69 Å². The molecule has 33 heavy (non-hydrogen) atoms. The van der Waals surface area contributed by atoms with Crippen molar-refractivity contribution in [2.75, 3.05) is 12.0 Å². The number of anilines is 1. The van der Waals surface area contributed by atoms with Crippen molar-refractivity contribution in [2.45, 2.75) is 52.5 Å². The minimum atomic E-state index is -0.406. The molecule has 0 aliphatic heterocycles. The van der Waals surface area contributed by atoms with E-state index >= 15 is 0 Å². The fourth-order valence-corrected chi connectivity index (χ4v) is 6.16. The van der Waals surface area contributed by atoms with Crippen molar-refractivity contribution >= 4 is 40.2 Å². The highest BCUT2D eigenvalue weighted by Gasteiger charge is 2.33. The van der Waals surface area contributed by atoms with Crippen LogP contribution in [0.3, 0.4) is 0 Å². The maximum atomic E-state index is 13.6. The highest BCUT2D eigenvalue weighted by Crippen LogP contribution is 2.40. The first-order valence-electron chi connectivity index (χ1n) is 11.4. The second-order valence-electron chi connectivity index (χ2n) is 8.99. The summed E-state index contributed by atoms with van der Waals surface area (Å²) in [4.78, 5) is 33.9. The van der Waals surface area contributed by atoms with Gasteiger partial charge >= 0.3 is 5.97 Å². The second-order valence-corrected chi connectivity index (χ2v) is 10.9. The first-order valence-corrected chi connectivity index (χ1v) is 13.1. The number of ether oxygens (including phenoxy) is 1. The molecule has 2 aromatic heterocycles. The minimum absolute atomic E-state index is 0.00928. The predicted octanol–water partition coefficient (Wildman–Crippen LogP) is 6.89. The number of carbonyl (C=O) groups excluding carboxylic acids is 2. The Labute approximate surface area is 203 Å². The van der Waals surface area contributed by atoms with Gasteiger partial charge in [-0.3, -0.25) is 4.79 Å². The van der Waals surface area contributed by atoms with Gasteiger partial charge in [0.15, 0.2) is 0 Å². The number of rotatable bonds is 6. The van der Waals surface area contributed by atoms with E-state index in [9.17, 15) is 9.59 Å². The molecule has 5 nitrogen and oxygen atoms in total. The SMILES string of the molecule is COC(=O)c1sc(-c2ccc(-c3nccs3)cc2)cc1N(C(=O)[C@H]1CC[C@H](C)CC1)C(C)C. The highest BCUT2D eigenvalue weighted by molar-refractivity contribution is 7.18. The maximum absolute atomic E-state index is 13.6. The summed E-state index contributed by atoms with van der Waals surface area (Å²) in [5, 5.41) is 2.93. The van der Waals surface area contributed by atoms with Crippen LogP contribution in [0, 0.1) is 11.8 Å². The van der Waals surface area contributed by atoms with E-state index in [0.29, 0.717) is 16.5 Å². The first-order chi connectivity index (χ1) is 15.9. The van der Waals surface area contributed by atoms with Crippen LogP contribution < -0.4 is 4.90 Å². The molecule has 0 radical (unpaired) electrons. The molecule has 0 bridgehead atoms. The fraction of sp³-hybridized carbons (Fsp3) is 0.423. The lowest BCUT2D eigenvalue weighted by molar-refractivity contribution is -0.123. The molecule has 1 fully saturated rings. The van der Waals surface area contributed by atoms with Crippen LogP contribution in [0.15, 0.2) is 41.9 Å². The summed E-state index contributed by atoms with van der Waals surface area (Å²) in [6.45, 7) is 6.26. The van der Waals surface area contributed by atoms with E-state index in [1.54, 1.807) is 17.5 Å². The molecule has 7 heteroatoms. The number of carbonyl (C=O) groups is 2. The van der Waals surface area contributed by atoms with Crippen molar-refractivity contribution in [3.63, 3.8) is 0 Å². The van der Waals surface area contributed by atoms with E-state index in [4.69, 9.17) is 4.74 Å². The third-order valence-electron chi connectivity index (χ3n) is 6.31. The van der Waals surface area contributed by atoms with Gasteiger partial charge in [0.1, 0.15) is 9.88 Å². The Morgan fingerprint density at radius 3 is 2.33 bits per heavy atom. The largest absolute Gasteiger partial charge is 0.465 e. The molecular weight excluding hydrogens is 452 g/mol. The van der Waals surface area contributed by atoms with Crippen LogP contribution in [-0.2, 0) is 9.53 Å². The molecule has 1 aliphatic rings. The lowest BCUT2D eigenvalue weighted by Gasteiger charge is -2.33. The lowest BCUT2D eigenvalue weighted by Crippen LogP contribution is -2.42. The number of thiazole rings is 1. The van der Waals surface area contributed by atoms with Gasteiger partial charge in [0.2, 0.25) is 5.91 Å². The Kier molecular flexibility index (Phi) is 7.29. The van der Waals surface area contributed by atoms with Crippen molar-refractivity contribution in [3.05, 3.63) is 46.8 Å². The average Bonchev–Trinajstić information content (AvgIpc) is 3.50. The van der Waals surface area contributed by atoms with E-state index in [1.807, 2.05) is 54.5 Å². The lowest BCUT2D eigenvalue weighted by atomic mass is 9.82. The van der Waals surface area contributed by atoms with Crippen LogP contribution in [0.25, 0.3) is 21.0 Å². The van der Waals surface area contributed by atoms with Crippen LogP contribution in [0.2, 0.25) is 0 Å². The van der Waals surface area contributed by atoms with Crippen LogP contribution in [-0.4, -0.2) is 30.0 Å². The first kappa shape index (κ1) is 23.6. The molecule has 0 spiro atoms.